The van der Waals surface area contributed by atoms with Crippen molar-refractivity contribution in [3.63, 3.8) is 0 Å². The zero-order chi connectivity index (χ0) is 12.8. The van der Waals surface area contributed by atoms with Gasteiger partial charge in [0.1, 0.15) is 11.6 Å². The molecule has 0 heterocycles. The van der Waals surface area contributed by atoms with Gasteiger partial charge in [0, 0.05) is 0 Å². The van der Waals surface area contributed by atoms with Gasteiger partial charge < -0.3 is 10.5 Å². The molecule has 0 unspecified atom stereocenters. The van der Waals surface area contributed by atoms with Crippen molar-refractivity contribution in [1.82, 2.24) is 0 Å². The lowest BCUT2D eigenvalue weighted by Crippen LogP contribution is -2.16. The SMILES string of the molecule is NCCc1cc(F)ccc1OC1CCCCCC1. The molecule has 2 rings (SSSR count). The van der Waals surface area contributed by atoms with Gasteiger partial charge in [-0.2, -0.15) is 0 Å². The van der Waals surface area contributed by atoms with E-state index in [4.69, 9.17) is 10.5 Å². The van der Waals surface area contributed by atoms with E-state index in [1.165, 1.54) is 31.7 Å². The van der Waals surface area contributed by atoms with E-state index in [0.717, 1.165) is 24.2 Å². The van der Waals surface area contributed by atoms with Crippen LogP contribution >= 0.6 is 0 Å². The first-order valence-electron chi connectivity index (χ1n) is 6.95. The van der Waals surface area contributed by atoms with Gasteiger partial charge in [0.2, 0.25) is 0 Å². The molecule has 3 heteroatoms. The molecule has 0 radical (unpaired) electrons. The molecule has 0 atom stereocenters. The fourth-order valence-corrected chi connectivity index (χ4v) is 2.55. The van der Waals surface area contributed by atoms with Crippen LogP contribution in [0.2, 0.25) is 0 Å². The van der Waals surface area contributed by atoms with Gasteiger partial charge in [0.05, 0.1) is 6.10 Å². The highest BCUT2D eigenvalue weighted by atomic mass is 19.1. The summed E-state index contributed by atoms with van der Waals surface area (Å²) >= 11 is 0. The fraction of sp³-hybridized carbons (Fsp3) is 0.600. The van der Waals surface area contributed by atoms with Crippen molar-refractivity contribution < 1.29 is 9.13 Å². The van der Waals surface area contributed by atoms with Gasteiger partial charge in [-0.15, -0.1) is 0 Å². The van der Waals surface area contributed by atoms with Crippen LogP contribution in [0.4, 0.5) is 4.39 Å². The molecule has 2 N–H and O–H groups in total. The van der Waals surface area contributed by atoms with E-state index in [-0.39, 0.29) is 11.9 Å². The second-order valence-electron chi connectivity index (χ2n) is 5.02. The van der Waals surface area contributed by atoms with Crippen molar-refractivity contribution in [2.24, 2.45) is 5.73 Å². The van der Waals surface area contributed by atoms with Crippen LogP contribution < -0.4 is 10.5 Å². The maximum atomic E-state index is 13.2. The van der Waals surface area contributed by atoms with Crippen LogP contribution in [0.5, 0.6) is 5.75 Å². The number of nitrogens with two attached hydrogens (primary N) is 1. The molecule has 1 fully saturated rings. The summed E-state index contributed by atoms with van der Waals surface area (Å²) < 4.78 is 19.3. The van der Waals surface area contributed by atoms with Crippen molar-refractivity contribution in [2.45, 2.75) is 51.0 Å². The summed E-state index contributed by atoms with van der Waals surface area (Å²) in [6, 6.07) is 4.75. The summed E-state index contributed by atoms with van der Waals surface area (Å²) in [5, 5.41) is 0. The highest BCUT2D eigenvalue weighted by molar-refractivity contribution is 5.34. The number of halogens is 1. The Labute approximate surface area is 108 Å². The van der Waals surface area contributed by atoms with E-state index >= 15 is 0 Å². The Hall–Kier alpha value is -1.09. The minimum Gasteiger partial charge on any atom is -0.490 e. The van der Waals surface area contributed by atoms with Crippen LogP contribution in [-0.4, -0.2) is 12.6 Å². The van der Waals surface area contributed by atoms with Gasteiger partial charge in [-0.25, -0.2) is 4.39 Å². The lowest BCUT2D eigenvalue weighted by atomic mass is 10.1. The topological polar surface area (TPSA) is 35.2 Å². The quantitative estimate of drug-likeness (QED) is 0.832. The average Bonchev–Trinajstić information content (AvgIpc) is 2.61. The summed E-state index contributed by atoms with van der Waals surface area (Å²) in [6.45, 7) is 0.518. The predicted molar refractivity (Wildman–Crippen MR) is 71.3 cm³/mol. The number of rotatable bonds is 4. The summed E-state index contributed by atoms with van der Waals surface area (Å²) in [5.74, 6) is 0.598. The molecule has 0 aliphatic heterocycles. The molecule has 0 saturated heterocycles. The lowest BCUT2D eigenvalue weighted by Gasteiger charge is -2.19. The molecule has 1 aliphatic carbocycles. The van der Waals surface area contributed by atoms with E-state index in [9.17, 15) is 4.39 Å². The first kappa shape index (κ1) is 13.3. The molecular formula is C15H22FNO. The largest absolute Gasteiger partial charge is 0.490 e. The predicted octanol–water partition coefficient (Wildman–Crippen LogP) is 3.43. The summed E-state index contributed by atoms with van der Waals surface area (Å²) in [7, 11) is 0. The Morgan fingerprint density at radius 1 is 1.17 bits per heavy atom. The molecule has 18 heavy (non-hydrogen) atoms. The standard InChI is InChI=1S/C15H22FNO/c16-13-7-8-15(12(11-13)9-10-17)18-14-5-3-1-2-4-6-14/h7-8,11,14H,1-6,9-10,17H2. The van der Waals surface area contributed by atoms with Crippen molar-refractivity contribution in [2.75, 3.05) is 6.54 Å². The van der Waals surface area contributed by atoms with Crippen molar-refractivity contribution in [3.8, 4) is 5.75 Å². The van der Waals surface area contributed by atoms with Crippen LogP contribution in [0, 0.1) is 5.82 Å². The monoisotopic (exact) mass is 251 g/mol. The minimum absolute atomic E-state index is 0.216. The molecule has 2 nitrogen and oxygen atoms in total. The smallest absolute Gasteiger partial charge is 0.123 e. The Balaban J connectivity index is 2.06. The Bertz CT molecular complexity index is 373. The van der Waals surface area contributed by atoms with E-state index in [2.05, 4.69) is 0 Å². The first-order chi connectivity index (χ1) is 8.79. The number of hydrogen-bond acceptors (Lipinski definition) is 2. The molecule has 100 valence electrons. The zero-order valence-electron chi connectivity index (χ0n) is 10.8. The van der Waals surface area contributed by atoms with Crippen LogP contribution in [0.25, 0.3) is 0 Å². The molecule has 1 saturated carbocycles. The maximum Gasteiger partial charge on any atom is 0.123 e. The van der Waals surface area contributed by atoms with E-state index in [1.807, 2.05) is 0 Å². The summed E-state index contributed by atoms with van der Waals surface area (Å²) in [6.07, 6.45) is 8.25. The fourth-order valence-electron chi connectivity index (χ4n) is 2.55. The van der Waals surface area contributed by atoms with Gasteiger partial charge in [-0.1, -0.05) is 12.8 Å². The molecular weight excluding hydrogens is 229 g/mol. The number of hydrogen-bond donors (Lipinski definition) is 1. The summed E-state index contributed by atoms with van der Waals surface area (Å²) in [5.41, 5.74) is 6.45. The van der Waals surface area contributed by atoms with Crippen LogP contribution in [0.15, 0.2) is 18.2 Å². The highest BCUT2D eigenvalue weighted by Gasteiger charge is 2.15. The van der Waals surface area contributed by atoms with Gasteiger partial charge in [-0.05, 0) is 62.4 Å². The molecule has 1 aliphatic rings. The minimum atomic E-state index is -0.216. The molecule has 1 aromatic carbocycles. The third kappa shape index (κ3) is 3.70. The normalized spacial score (nSPS) is 17.4. The first-order valence-corrected chi connectivity index (χ1v) is 6.95. The van der Waals surface area contributed by atoms with Crippen LogP contribution in [-0.2, 0) is 6.42 Å². The molecule has 0 amide bonds. The van der Waals surface area contributed by atoms with Gasteiger partial charge in [0.25, 0.3) is 0 Å². The van der Waals surface area contributed by atoms with Crippen molar-refractivity contribution in [1.29, 1.82) is 0 Å². The van der Waals surface area contributed by atoms with Gasteiger partial charge >= 0.3 is 0 Å². The molecule has 0 bridgehead atoms. The van der Waals surface area contributed by atoms with Gasteiger partial charge in [-0.3, -0.25) is 0 Å². The molecule has 0 spiro atoms. The van der Waals surface area contributed by atoms with E-state index in [1.54, 1.807) is 12.1 Å². The molecule has 0 aromatic heterocycles. The maximum absolute atomic E-state index is 13.2. The third-order valence-electron chi connectivity index (χ3n) is 3.53. The van der Waals surface area contributed by atoms with Crippen molar-refractivity contribution in [3.05, 3.63) is 29.6 Å². The zero-order valence-corrected chi connectivity index (χ0v) is 10.8. The Kier molecular flexibility index (Phi) is 5.00. The second kappa shape index (κ2) is 6.74. The average molecular weight is 251 g/mol. The number of ether oxygens (including phenoxy) is 1. The number of benzene rings is 1. The summed E-state index contributed by atoms with van der Waals surface area (Å²) in [4.78, 5) is 0. The lowest BCUT2D eigenvalue weighted by molar-refractivity contribution is 0.182. The van der Waals surface area contributed by atoms with Crippen LogP contribution in [0.3, 0.4) is 0 Å². The van der Waals surface area contributed by atoms with E-state index < -0.39 is 0 Å². The van der Waals surface area contributed by atoms with Crippen molar-refractivity contribution >= 4 is 0 Å². The van der Waals surface area contributed by atoms with E-state index in [0.29, 0.717) is 13.0 Å². The Morgan fingerprint density at radius 3 is 2.56 bits per heavy atom. The highest BCUT2D eigenvalue weighted by Crippen LogP contribution is 2.26. The second-order valence-corrected chi connectivity index (χ2v) is 5.02. The van der Waals surface area contributed by atoms with Crippen LogP contribution in [0.1, 0.15) is 44.1 Å². The van der Waals surface area contributed by atoms with Gasteiger partial charge in [0.15, 0.2) is 0 Å². The third-order valence-corrected chi connectivity index (χ3v) is 3.53. The molecule has 1 aromatic rings. The Morgan fingerprint density at radius 2 is 1.89 bits per heavy atom.